The van der Waals surface area contributed by atoms with Gasteiger partial charge in [0.05, 0.1) is 18.5 Å². The lowest BCUT2D eigenvalue weighted by molar-refractivity contribution is 0.0782. The highest BCUT2D eigenvalue weighted by atomic mass is 19.1. The van der Waals surface area contributed by atoms with Gasteiger partial charge in [-0.3, -0.25) is 4.79 Å². The molecule has 0 radical (unpaired) electrons. The largest absolute Gasteiger partial charge is 0.489 e. The average molecular weight is 317 g/mol. The summed E-state index contributed by atoms with van der Waals surface area (Å²) in [5.74, 6) is 0.0688. The second-order valence-corrected chi connectivity index (χ2v) is 5.61. The van der Waals surface area contributed by atoms with E-state index in [0.717, 1.165) is 32.4 Å². The third kappa shape index (κ3) is 3.36. The maximum Gasteiger partial charge on any atom is 0.278 e. The molecule has 1 fully saturated rings. The molecule has 6 heteroatoms. The SMILES string of the molecule is CCCOc1cn(-c2ccc(F)cc2)nc1C(=O)N1CCCC1. The quantitative estimate of drug-likeness (QED) is 0.851. The topological polar surface area (TPSA) is 47.4 Å². The zero-order chi connectivity index (χ0) is 16.2. The summed E-state index contributed by atoms with van der Waals surface area (Å²) in [5.41, 5.74) is 1.01. The number of ether oxygens (including phenoxy) is 1. The number of carbonyl (C=O) groups is 1. The first-order valence-electron chi connectivity index (χ1n) is 7.96. The van der Waals surface area contributed by atoms with Crippen molar-refractivity contribution in [2.45, 2.75) is 26.2 Å². The molecule has 23 heavy (non-hydrogen) atoms. The van der Waals surface area contributed by atoms with Crippen molar-refractivity contribution < 1.29 is 13.9 Å². The van der Waals surface area contributed by atoms with Crippen LogP contribution < -0.4 is 4.74 Å². The maximum atomic E-state index is 13.1. The summed E-state index contributed by atoms with van der Waals surface area (Å²) in [5, 5.41) is 4.39. The van der Waals surface area contributed by atoms with Crippen LogP contribution >= 0.6 is 0 Å². The Hall–Kier alpha value is -2.37. The molecule has 0 saturated carbocycles. The van der Waals surface area contributed by atoms with Gasteiger partial charge >= 0.3 is 0 Å². The minimum Gasteiger partial charge on any atom is -0.489 e. The number of aromatic nitrogens is 2. The van der Waals surface area contributed by atoms with Gasteiger partial charge in [0, 0.05) is 13.1 Å². The molecule has 1 saturated heterocycles. The molecule has 1 aromatic heterocycles. The van der Waals surface area contributed by atoms with E-state index in [0.29, 0.717) is 23.7 Å². The Morgan fingerprint density at radius 2 is 1.96 bits per heavy atom. The first-order chi connectivity index (χ1) is 11.2. The van der Waals surface area contributed by atoms with Gasteiger partial charge in [0.2, 0.25) is 0 Å². The lowest BCUT2D eigenvalue weighted by Crippen LogP contribution is -2.28. The van der Waals surface area contributed by atoms with Crippen LogP contribution in [-0.4, -0.2) is 40.3 Å². The minimum atomic E-state index is -0.309. The molecule has 2 heterocycles. The number of nitrogens with zero attached hydrogens (tertiary/aromatic N) is 3. The lowest BCUT2D eigenvalue weighted by atomic mass is 10.3. The molecule has 5 nitrogen and oxygen atoms in total. The van der Waals surface area contributed by atoms with Crippen LogP contribution in [0.4, 0.5) is 4.39 Å². The average Bonchev–Trinajstić information content (AvgIpc) is 3.23. The molecule has 0 aliphatic carbocycles. The predicted octanol–water partition coefficient (Wildman–Crippen LogP) is 3.04. The van der Waals surface area contributed by atoms with Gasteiger partial charge in [-0.2, -0.15) is 5.10 Å². The highest BCUT2D eigenvalue weighted by Gasteiger charge is 2.26. The van der Waals surface area contributed by atoms with Crippen LogP contribution in [0.1, 0.15) is 36.7 Å². The van der Waals surface area contributed by atoms with Crippen LogP contribution in [0, 0.1) is 5.82 Å². The first kappa shape index (κ1) is 15.5. The van der Waals surface area contributed by atoms with Gasteiger partial charge in [-0.15, -0.1) is 0 Å². The van der Waals surface area contributed by atoms with E-state index in [1.165, 1.54) is 12.1 Å². The third-order valence-electron chi connectivity index (χ3n) is 3.83. The van der Waals surface area contributed by atoms with Crippen LogP contribution in [0.3, 0.4) is 0 Å². The molecule has 2 aromatic rings. The van der Waals surface area contributed by atoms with Crippen LogP contribution in [0.25, 0.3) is 5.69 Å². The molecule has 0 spiro atoms. The first-order valence-corrected chi connectivity index (χ1v) is 7.96. The molecule has 1 aliphatic rings. The number of hydrogen-bond donors (Lipinski definition) is 0. The van der Waals surface area contributed by atoms with Crippen molar-refractivity contribution in [1.82, 2.24) is 14.7 Å². The van der Waals surface area contributed by atoms with Gasteiger partial charge in [-0.05, 0) is 43.5 Å². The van der Waals surface area contributed by atoms with Crippen LogP contribution in [0.5, 0.6) is 5.75 Å². The number of halogens is 1. The second kappa shape index (κ2) is 6.81. The monoisotopic (exact) mass is 317 g/mol. The van der Waals surface area contributed by atoms with Crippen LogP contribution in [0.15, 0.2) is 30.5 Å². The van der Waals surface area contributed by atoms with Gasteiger partial charge in [-0.1, -0.05) is 6.92 Å². The van der Waals surface area contributed by atoms with Gasteiger partial charge < -0.3 is 9.64 Å². The van der Waals surface area contributed by atoms with Crippen LogP contribution in [-0.2, 0) is 0 Å². The Labute approximate surface area is 134 Å². The molecule has 0 bridgehead atoms. The number of amides is 1. The van der Waals surface area contributed by atoms with Crippen molar-refractivity contribution in [2.24, 2.45) is 0 Å². The van der Waals surface area contributed by atoms with Crippen LogP contribution in [0.2, 0.25) is 0 Å². The number of benzene rings is 1. The zero-order valence-electron chi connectivity index (χ0n) is 13.2. The normalized spacial score (nSPS) is 14.3. The minimum absolute atomic E-state index is 0.102. The molecule has 1 amide bonds. The van der Waals surface area contributed by atoms with E-state index >= 15 is 0 Å². The third-order valence-corrected chi connectivity index (χ3v) is 3.83. The smallest absolute Gasteiger partial charge is 0.278 e. The fraction of sp³-hybridized carbons (Fsp3) is 0.412. The Bertz CT molecular complexity index is 676. The molecular formula is C17H20FN3O2. The van der Waals surface area contributed by atoms with E-state index in [4.69, 9.17) is 4.74 Å². The summed E-state index contributed by atoms with van der Waals surface area (Å²) < 4.78 is 20.3. The zero-order valence-corrected chi connectivity index (χ0v) is 13.2. The van der Waals surface area contributed by atoms with Crippen molar-refractivity contribution >= 4 is 5.91 Å². The van der Waals surface area contributed by atoms with Gasteiger partial charge in [-0.25, -0.2) is 9.07 Å². The lowest BCUT2D eigenvalue weighted by Gasteiger charge is -2.14. The number of hydrogen-bond acceptors (Lipinski definition) is 3. The van der Waals surface area contributed by atoms with Crippen molar-refractivity contribution in [1.29, 1.82) is 0 Å². The van der Waals surface area contributed by atoms with E-state index in [9.17, 15) is 9.18 Å². The summed E-state index contributed by atoms with van der Waals surface area (Å²) in [6.07, 6.45) is 4.58. The Balaban J connectivity index is 1.92. The molecule has 0 unspecified atom stereocenters. The Morgan fingerprint density at radius 3 is 2.61 bits per heavy atom. The van der Waals surface area contributed by atoms with E-state index in [1.807, 2.05) is 6.92 Å². The summed E-state index contributed by atoms with van der Waals surface area (Å²) >= 11 is 0. The Kier molecular flexibility index (Phi) is 4.60. The van der Waals surface area contributed by atoms with Crippen molar-refractivity contribution in [3.63, 3.8) is 0 Å². The molecular weight excluding hydrogens is 297 g/mol. The number of likely N-dealkylation sites (tertiary alicyclic amines) is 1. The fourth-order valence-electron chi connectivity index (χ4n) is 2.62. The summed E-state index contributed by atoms with van der Waals surface area (Å²) in [6, 6.07) is 5.98. The van der Waals surface area contributed by atoms with E-state index in [2.05, 4.69) is 5.10 Å². The molecule has 0 atom stereocenters. The summed E-state index contributed by atoms with van der Waals surface area (Å²) in [6.45, 7) is 4.05. The van der Waals surface area contributed by atoms with Crippen molar-refractivity contribution in [3.8, 4) is 11.4 Å². The number of carbonyl (C=O) groups excluding carboxylic acids is 1. The molecule has 3 rings (SSSR count). The molecule has 1 aliphatic heterocycles. The van der Waals surface area contributed by atoms with Gasteiger partial charge in [0.15, 0.2) is 11.4 Å². The molecule has 0 N–H and O–H groups in total. The highest BCUT2D eigenvalue weighted by molar-refractivity contribution is 5.95. The van der Waals surface area contributed by atoms with Gasteiger partial charge in [0.25, 0.3) is 5.91 Å². The molecule has 1 aromatic carbocycles. The predicted molar refractivity (Wildman–Crippen MR) is 84.4 cm³/mol. The number of rotatable bonds is 5. The fourth-order valence-corrected chi connectivity index (χ4v) is 2.62. The van der Waals surface area contributed by atoms with E-state index in [1.54, 1.807) is 27.9 Å². The summed E-state index contributed by atoms with van der Waals surface area (Å²) in [4.78, 5) is 14.4. The highest BCUT2D eigenvalue weighted by Crippen LogP contribution is 2.23. The standard InChI is InChI=1S/C17H20FN3O2/c1-2-11-23-15-12-21(14-7-5-13(18)6-8-14)19-16(15)17(22)20-9-3-4-10-20/h5-8,12H,2-4,9-11H2,1H3. The van der Waals surface area contributed by atoms with E-state index in [-0.39, 0.29) is 11.7 Å². The maximum absolute atomic E-state index is 13.1. The second-order valence-electron chi connectivity index (χ2n) is 5.61. The molecule has 122 valence electrons. The van der Waals surface area contributed by atoms with Crippen molar-refractivity contribution in [2.75, 3.05) is 19.7 Å². The summed E-state index contributed by atoms with van der Waals surface area (Å²) in [7, 11) is 0. The van der Waals surface area contributed by atoms with Gasteiger partial charge in [0.1, 0.15) is 5.82 Å². The van der Waals surface area contributed by atoms with E-state index < -0.39 is 0 Å². The van der Waals surface area contributed by atoms with Crippen molar-refractivity contribution in [3.05, 3.63) is 42.0 Å². The Morgan fingerprint density at radius 1 is 1.26 bits per heavy atom.